The highest BCUT2D eigenvalue weighted by molar-refractivity contribution is 6.32. The minimum atomic E-state index is 0.456. The van der Waals surface area contributed by atoms with Gasteiger partial charge in [-0.15, -0.1) is 0 Å². The lowest BCUT2D eigenvalue weighted by Gasteiger charge is -2.07. The zero-order valence-corrected chi connectivity index (χ0v) is 12.1. The summed E-state index contributed by atoms with van der Waals surface area (Å²) < 4.78 is 0. The summed E-state index contributed by atoms with van der Waals surface area (Å²) in [5.74, 6) is 0. The van der Waals surface area contributed by atoms with E-state index in [2.05, 4.69) is 29.0 Å². The lowest BCUT2D eigenvalue weighted by molar-refractivity contribution is 0.922. The molecule has 0 fully saturated rings. The molecule has 2 aromatic carbocycles. The highest BCUT2D eigenvalue weighted by Crippen LogP contribution is 2.27. The van der Waals surface area contributed by atoms with Crippen LogP contribution in [0.5, 0.6) is 0 Å². The average Bonchev–Trinajstić information content (AvgIpc) is 2.47. The Bertz CT molecular complexity index is 753. The number of hydrogen-bond donors (Lipinski definition) is 0. The molecule has 20 heavy (non-hydrogen) atoms. The number of aryl methyl sites for hydroxylation is 1. The van der Waals surface area contributed by atoms with Crippen molar-refractivity contribution in [1.82, 2.24) is 9.97 Å². The van der Waals surface area contributed by atoms with Crippen LogP contribution in [0.25, 0.3) is 22.3 Å². The lowest BCUT2D eigenvalue weighted by atomic mass is 10.0. The zero-order valence-electron chi connectivity index (χ0n) is 11.3. The Morgan fingerprint density at radius 3 is 2.45 bits per heavy atom. The van der Waals surface area contributed by atoms with Crippen LogP contribution in [-0.4, -0.2) is 9.97 Å². The number of aromatic nitrogens is 2. The summed E-state index contributed by atoms with van der Waals surface area (Å²) in [5, 5.41) is 0.456. The van der Waals surface area contributed by atoms with Crippen molar-refractivity contribution < 1.29 is 0 Å². The topological polar surface area (TPSA) is 25.8 Å². The van der Waals surface area contributed by atoms with Gasteiger partial charge in [-0.2, -0.15) is 0 Å². The number of hydrogen-bond acceptors (Lipinski definition) is 2. The first-order chi connectivity index (χ1) is 9.78. The first-order valence-corrected chi connectivity index (χ1v) is 7.17. The fraction of sp³-hybridized carbons (Fsp3) is 0.176. The first kappa shape index (κ1) is 13.1. The molecule has 2 nitrogen and oxygen atoms in total. The number of para-hydroxylation sites is 2. The molecule has 3 heteroatoms. The number of fused-ring (bicyclic) bond motifs is 1. The van der Waals surface area contributed by atoms with Crippen LogP contribution in [0.2, 0.25) is 5.15 Å². The van der Waals surface area contributed by atoms with Crippen LogP contribution in [0.1, 0.15) is 18.9 Å². The minimum absolute atomic E-state index is 0.456. The van der Waals surface area contributed by atoms with Crippen molar-refractivity contribution in [2.45, 2.75) is 19.8 Å². The molecule has 0 aliphatic rings. The molecule has 0 atom stereocenters. The molecule has 0 aliphatic carbocycles. The van der Waals surface area contributed by atoms with E-state index in [-0.39, 0.29) is 0 Å². The van der Waals surface area contributed by atoms with E-state index in [1.54, 1.807) is 0 Å². The molecule has 100 valence electrons. The van der Waals surface area contributed by atoms with Gasteiger partial charge in [0.2, 0.25) is 0 Å². The third kappa shape index (κ3) is 2.52. The number of rotatable bonds is 3. The van der Waals surface area contributed by atoms with Gasteiger partial charge in [0.25, 0.3) is 0 Å². The van der Waals surface area contributed by atoms with E-state index in [4.69, 9.17) is 11.6 Å². The predicted octanol–water partition coefficient (Wildman–Crippen LogP) is 4.90. The van der Waals surface area contributed by atoms with E-state index in [1.807, 2.05) is 36.4 Å². The van der Waals surface area contributed by atoms with Crippen LogP contribution >= 0.6 is 11.6 Å². The Morgan fingerprint density at radius 1 is 0.950 bits per heavy atom. The van der Waals surface area contributed by atoms with Crippen molar-refractivity contribution in [1.29, 1.82) is 0 Å². The largest absolute Gasteiger partial charge is 0.243 e. The highest BCUT2D eigenvalue weighted by atomic mass is 35.5. The molecule has 0 radical (unpaired) electrons. The number of nitrogens with zero attached hydrogens (tertiary/aromatic N) is 2. The van der Waals surface area contributed by atoms with Crippen molar-refractivity contribution in [2.75, 3.05) is 0 Å². The molecular formula is C17H15ClN2. The third-order valence-electron chi connectivity index (χ3n) is 3.27. The van der Waals surface area contributed by atoms with Crippen LogP contribution < -0.4 is 0 Å². The van der Waals surface area contributed by atoms with E-state index in [9.17, 15) is 0 Å². The van der Waals surface area contributed by atoms with Gasteiger partial charge in [-0.05, 0) is 30.2 Å². The second-order valence-electron chi connectivity index (χ2n) is 4.80. The standard InChI is InChI=1S/C17H15ClN2/c1-2-6-12-7-5-8-13(11-12)16-17(18)20-15-10-4-3-9-14(15)19-16/h3-5,7-11H,2,6H2,1H3. The molecule has 0 aliphatic heterocycles. The Labute approximate surface area is 123 Å². The van der Waals surface area contributed by atoms with Crippen LogP contribution in [0, 0.1) is 0 Å². The molecule has 0 bridgehead atoms. The quantitative estimate of drug-likeness (QED) is 0.682. The van der Waals surface area contributed by atoms with Gasteiger partial charge in [0.05, 0.1) is 11.0 Å². The molecule has 1 aromatic heterocycles. The highest BCUT2D eigenvalue weighted by Gasteiger charge is 2.09. The second kappa shape index (κ2) is 5.59. The average molecular weight is 283 g/mol. The van der Waals surface area contributed by atoms with Gasteiger partial charge in [0.1, 0.15) is 5.69 Å². The van der Waals surface area contributed by atoms with Gasteiger partial charge < -0.3 is 0 Å². The summed E-state index contributed by atoms with van der Waals surface area (Å²) in [6.45, 7) is 2.18. The minimum Gasteiger partial charge on any atom is -0.243 e. The lowest BCUT2D eigenvalue weighted by Crippen LogP contribution is -1.92. The molecule has 0 amide bonds. The summed E-state index contributed by atoms with van der Waals surface area (Å²) in [6.07, 6.45) is 2.19. The Kier molecular flexibility index (Phi) is 3.66. The van der Waals surface area contributed by atoms with Crippen molar-refractivity contribution in [3.8, 4) is 11.3 Å². The van der Waals surface area contributed by atoms with Crippen molar-refractivity contribution in [3.63, 3.8) is 0 Å². The summed E-state index contributed by atoms with van der Waals surface area (Å²) >= 11 is 6.29. The fourth-order valence-corrected chi connectivity index (χ4v) is 2.57. The Hall–Kier alpha value is -1.93. The van der Waals surface area contributed by atoms with E-state index in [1.165, 1.54) is 5.56 Å². The molecule has 1 heterocycles. The van der Waals surface area contributed by atoms with Crippen molar-refractivity contribution >= 4 is 22.6 Å². The molecule has 0 saturated carbocycles. The fourth-order valence-electron chi connectivity index (χ4n) is 2.32. The maximum Gasteiger partial charge on any atom is 0.156 e. The zero-order chi connectivity index (χ0) is 13.9. The summed E-state index contributed by atoms with van der Waals surface area (Å²) in [4.78, 5) is 9.08. The van der Waals surface area contributed by atoms with E-state index in [0.717, 1.165) is 35.1 Å². The molecule has 0 N–H and O–H groups in total. The molecule has 3 rings (SSSR count). The smallest absolute Gasteiger partial charge is 0.156 e. The summed E-state index contributed by atoms with van der Waals surface area (Å²) in [6, 6.07) is 16.1. The van der Waals surface area contributed by atoms with Gasteiger partial charge in [-0.3, -0.25) is 0 Å². The Morgan fingerprint density at radius 2 is 1.70 bits per heavy atom. The van der Waals surface area contributed by atoms with Crippen LogP contribution in [-0.2, 0) is 6.42 Å². The van der Waals surface area contributed by atoms with E-state index in [0.29, 0.717) is 5.15 Å². The molecule has 3 aromatic rings. The van der Waals surface area contributed by atoms with Crippen molar-refractivity contribution in [2.24, 2.45) is 0 Å². The van der Waals surface area contributed by atoms with Gasteiger partial charge in [-0.25, -0.2) is 9.97 Å². The summed E-state index contributed by atoms with van der Waals surface area (Å²) in [5.41, 5.74) is 4.78. The maximum atomic E-state index is 6.29. The van der Waals surface area contributed by atoms with Crippen molar-refractivity contribution in [3.05, 3.63) is 59.2 Å². The number of halogens is 1. The molecular weight excluding hydrogens is 268 g/mol. The van der Waals surface area contributed by atoms with E-state index < -0.39 is 0 Å². The van der Waals surface area contributed by atoms with Gasteiger partial charge in [0, 0.05) is 5.56 Å². The van der Waals surface area contributed by atoms with Gasteiger partial charge in [0.15, 0.2) is 5.15 Å². The van der Waals surface area contributed by atoms with E-state index >= 15 is 0 Å². The van der Waals surface area contributed by atoms with Crippen LogP contribution in [0.15, 0.2) is 48.5 Å². The molecule has 0 saturated heterocycles. The predicted molar refractivity (Wildman–Crippen MR) is 84.0 cm³/mol. The Balaban J connectivity index is 2.13. The van der Waals surface area contributed by atoms with Gasteiger partial charge >= 0.3 is 0 Å². The van der Waals surface area contributed by atoms with Crippen LogP contribution in [0.4, 0.5) is 0 Å². The molecule has 0 spiro atoms. The number of benzene rings is 2. The normalized spacial score (nSPS) is 10.9. The second-order valence-corrected chi connectivity index (χ2v) is 5.16. The molecule has 0 unspecified atom stereocenters. The monoisotopic (exact) mass is 282 g/mol. The first-order valence-electron chi connectivity index (χ1n) is 6.79. The third-order valence-corrected chi connectivity index (χ3v) is 3.53. The maximum absolute atomic E-state index is 6.29. The SMILES string of the molecule is CCCc1cccc(-c2nc3ccccc3nc2Cl)c1. The van der Waals surface area contributed by atoms with Gasteiger partial charge in [-0.1, -0.05) is 55.3 Å². The van der Waals surface area contributed by atoms with Crippen LogP contribution in [0.3, 0.4) is 0 Å². The summed E-state index contributed by atoms with van der Waals surface area (Å²) in [7, 11) is 0.